The summed E-state index contributed by atoms with van der Waals surface area (Å²) in [5, 5.41) is 13.3. The maximum absolute atomic E-state index is 9.18. The molecule has 0 bridgehead atoms. The van der Waals surface area contributed by atoms with Crippen LogP contribution in [0.2, 0.25) is 0 Å². The predicted molar refractivity (Wildman–Crippen MR) is 108 cm³/mol. The molecule has 2 aromatic rings. The number of aromatic amines is 1. The van der Waals surface area contributed by atoms with Crippen LogP contribution in [0.1, 0.15) is 63.1 Å². The molecule has 0 saturated heterocycles. The number of fused-ring (bicyclic) bond motifs is 2. The van der Waals surface area contributed by atoms with Gasteiger partial charge in [-0.25, -0.2) is 0 Å². The van der Waals surface area contributed by atoms with Crippen molar-refractivity contribution in [2.45, 2.75) is 59.8 Å². The molecule has 130 valence electrons. The van der Waals surface area contributed by atoms with Crippen LogP contribution in [0.25, 0.3) is 10.2 Å². The molecule has 3 rings (SSSR count). The molecule has 5 heteroatoms. The van der Waals surface area contributed by atoms with E-state index >= 15 is 0 Å². The van der Waals surface area contributed by atoms with E-state index in [1.807, 2.05) is 7.05 Å². The third-order valence-corrected chi connectivity index (χ3v) is 6.01. The second-order valence-electron chi connectivity index (χ2n) is 7.40. The normalized spacial score (nSPS) is 13.7. The first kappa shape index (κ1) is 19.0. The molecule has 0 aromatic carbocycles. The molecule has 0 amide bonds. The molecule has 1 aliphatic carbocycles. The van der Waals surface area contributed by atoms with Crippen molar-refractivity contribution in [3.05, 3.63) is 20.6 Å². The molecule has 0 unspecified atom stereocenters. The number of thiophene rings is 1. The molecule has 2 aromatic heterocycles. The lowest BCUT2D eigenvalue weighted by Crippen LogP contribution is -2.06. The zero-order valence-electron chi connectivity index (χ0n) is 15.3. The summed E-state index contributed by atoms with van der Waals surface area (Å²) in [7, 11) is 1.84. The van der Waals surface area contributed by atoms with Crippen LogP contribution in [-0.4, -0.2) is 12.0 Å². The van der Waals surface area contributed by atoms with Crippen molar-refractivity contribution in [1.29, 1.82) is 5.26 Å². The maximum atomic E-state index is 9.18. The Labute approximate surface area is 154 Å². The monoisotopic (exact) mass is 361 g/mol. The second-order valence-corrected chi connectivity index (χ2v) is 8.83. The van der Waals surface area contributed by atoms with Crippen LogP contribution >= 0.6 is 23.6 Å². The van der Waals surface area contributed by atoms with Crippen molar-refractivity contribution >= 4 is 39.5 Å². The number of hydrogen-bond donors (Lipinski definition) is 2. The fourth-order valence-electron chi connectivity index (χ4n) is 2.63. The highest BCUT2D eigenvalue weighted by molar-refractivity contribution is 7.71. The molecule has 0 radical (unpaired) electrons. The van der Waals surface area contributed by atoms with E-state index in [-0.39, 0.29) is 0 Å². The molecule has 0 aliphatic heterocycles. The zero-order chi connectivity index (χ0) is 17.9. The minimum absolute atomic E-state index is 0.542. The van der Waals surface area contributed by atoms with Crippen molar-refractivity contribution in [3.8, 4) is 6.07 Å². The summed E-state index contributed by atoms with van der Waals surface area (Å²) in [6.45, 7) is 8.94. The van der Waals surface area contributed by atoms with Gasteiger partial charge in [-0.15, -0.1) is 11.3 Å². The van der Waals surface area contributed by atoms with E-state index in [4.69, 9.17) is 12.2 Å². The average molecular weight is 362 g/mol. The molecule has 0 saturated carbocycles. The lowest BCUT2D eigenvalue weighted by molar-refractivity contribution is 0.398. The van der Waals surface area contributed by atoms with Crippen molar-refractivity contribution in [2.75, 3.05) is 12.4 Å². The van der Waals surface area contributed by atoms with Gasteiger partial charge in [-0.3, -0.25) is 0 Å². The Morgan fingerprint density at radius 1 is 1.29 bits per heavy atom. The summed E-state index contributed by atoms with van der Waals surface area (Å²) in [5.41, 5.74) is 3.97. The average Bonchev–Trinajstić information content (AvgIpc) is 2.93. The van der Waals surface area contributed by atoms with Gasteiger partial charge in [-0.1, -0.05) is 46.3 Å². The summed E-state index contributed by atoms with van der Waals surface area (Å²) in [5.74, 6) is 0. The van der Waals surface area contributed by atoms with Crippen LogP contribution in [0.5, 0.6) is 0 Å². The number of aromatic nitrogens is 1. The van der Waals surface area contributed by atoms with Gasteiger partial charge in [0.1, 0.15) is 15.8 Å². The Morgan fingerprint density at radius 3 is 2.46 bits per heavy atom. The maximum Gasteiger partial charge on any atom is 0.130 e. The number of nitrogens with zero attached hydrogens (tertiary/aromatic N) is 1. The van der Waals surface area contributed by atoms with Crippen molar-refractivity contribution in [2.24, 2.45) is 5.41 Å². The van der Waals surface area contributed by atoms with E-state index in [9.17, 15) is 5.26 Å². The number of H-pyrrole nitrogens is 1. The molecule has 0 atom stereocenters. The van der Waals surface area contributed by atoms with E-state index < -0.39 is 0 Å². The molecular formula is C19H27N3S2. The van der Waals surface area contributed by atoms with Crippen LogP contribution < -0.4 is 5.32 Å². The minimum Gasteiger partial charge on any atom is -0.386 e. The Balaban J connectivity index is 0.000000301. The minimum atomic E-state index is 0.542. The highest BCUT2D eigenvalue weighted by Crippen LogP contribution is 2.37. The summed E-state index contributed by atoms with van der Waals surface area (Å²) >= 11 is 7.12. The van der Waals surface area contributed by atoms with Gasteiger partial charge in [-0.2, -0.15) is 5.26 Å². The molecule has 3 nitrogen and oxygen atoms in total. The van der Waals surface area contributed by atoms with Gasteiger partial charge in [0, 0.05) is 12.7 Å². The van der Waals surface area contributed by atoms with Gasteiger partial charge >= 0.3 is 0 Å². The number of nitrogens with one attached hydrogen (secondary N) is 2. The fourth-order valence-corrected chi connectivity index (χ4v) is 4.17. The quantitative estimate of drug-likeness (QED) is 0.595. The SMILES string of the molecule is CCC(C)(C)C.CNc1c(C#N)sc2[nH]c3c(c(=S)c12)CCCC3. The molecule has 0 fully saturated rings. The molecule has 24 heavy (non-hydrogen) atoms. The van der Waals surface area contributed by atoms with Crippen LogP contribution in [-0.2, 0) is 12.8 Å². The smallest absolute Gasteiger partial charge is 0.130 e. The summed E-state index contributed by atoms with van der Waals surface area (Å²) < 4.78 is 0.931. The number of hydrogen-bond acceptors (Lipinski definition) is 4. The van der Waals surface area contributed by atoms with Crippen molar-refractivity contribution in [3.63, 3.8) is 0 Å². The Kier molecular flexibility index (Phi) is 6.06. The zero-order valence-corrected chi connectivity index (χ0v) is 16.9. The highest BCUT2D eigenvalue weighted by atomic mass is 32.1. The highest BCUT2D eigenvalue weighted by Gasteiger charge is 2.19. The largest absolute Gasteiger partial charge is 0.386 e. The number of nitriles is 1. The predicted octanol–water partition coefficient (Wildman–Crippen LogP) is 6.19. The molecular weight excluding hydrogens is 334 g/mol. The van der Waals surface area contributed by atoms with Gasteiger partial charge in [0.05, 0.1) is 15.6 Å². The van der Waals surface area contributed by atoms with E-state index in [2.05, 4.69) is 44.1 Å². The van der Waals surface area contributed by atoms with E-state index in [1.165, 1.54) is 41.9 Å². The van der Waals surface area contributed by atoms with E-state index in [0.717, 1.165) is 33.3 Å². The van der Waals surface area contributed by atoms with Gasteiger partial charge in [-0.05, 0) is 36.7 Å². The number of aryl methyl sites for hydroxylation is 1. The van der Waals surface area contributed by atoms with E-state index in [0.29, 0.717) is 10.3 Å². The first-order valence-electron chi connectivity index (χ1n) is 8.60. The lowest BCUT2D eigenvalue weighted by atomic mass is 9.94. The number of rotatable bonds is 1. The summed E-state index contributed by atoms with van der Waals surface area (Å²) in [6.07, 6.45) is 5.83. The number of anilines is 1. The third kappa shape index (κ3) is 3.99. The van der Waals surface area contributed by atoms with Gasteiger partial charge < -0.3 is 10.3 Å². The van der Waals surface area contributed by atoms with Gasteiger partial charge in [0.15, 0.2) is 0 Å². The standard InChI is InChI=1S/C13H13N3S2.C6H14/c1-15-11-9(6-14)18-13-10(11)12(17)7-4-2-3-5-8(7)16-13;1-5-6(2,3)4/h15H,2-5H2,1H3,(H,16,17);5H2,1-4H3. The third-order valence-electron chi connectivity index (χ3n) is 4.55. The van der Waals surface area contributed by atoms with E-state index in [1.54, 1.807) is 0 Å². The molecule has 1 aliphatic rings. The Hall–Kier alpha value is -1.38. The topological polar surface area (TPSA) is 51.6 Å². The van der Waals surface area contributed by atoms with Crippen LogP contribution in [0, 0.1) is 21.3 Å². The molecule has 2 heterocycles. The van der Waals surface area contributed by atoms with Crippen molar-refractivity contribution in [1.82, 2.24) is 4.98 Å². The first-order valence-corrected chi connectivity index (χ1v) is 9.83. The van der Waals surface area contributed by atoms with Gasteiger partial charge in [0.25, 0.3) is 0 Å². The summed E-state index contributed by atoms with van der Waals surface area (Å²) in [6, 6.07) is 2.24. The fraction of sp³-hybridized carbons (Fsp3) is 0.579. The number of pyridine rings is 1. The van der Waals surface area contributed by atoms with Crippen LogP contribution in [0.15, 0.2) is 0 Å². The second kappa shape index (κ2) is 7.67. The van der Waals surface area contributed by atoms with Crippen molar-refractivity contribution < 1.29 is 0 Å². The first-order chi connectivity index (χ1) is 11.3. The summed E-state index contributed by atoms with van der Waals surface area (Å²) in [4.78, 5) is 5.21. The lowest BCUT2D eigenvalue weighted by Gasteiger charge is -2.16. The van der Waals surface area contributed by atoms with Gasteiger partial charge in [0.2, 0.25) is 0 Å². The molecule has 0 spiro atoms. The molecule has 2 N–H and O–H groups in total. The van der Waals surface area contributed by atoms with Crippen LogP contribution in [0.3, 0.4) is 0 Å². The Morgan fingerprint density at radius 2 is 1.92 bits per heavy atom. The van der Waals surface area contributed by atoms with Crippen LogP contribution in [0.4, 0.5) is 5.69 Å². The Bertz CT molecular complexity index is 816.